The lowest BCUT2D eigenvalue weighted by molar-refractivity contribution is 0.0812. The van der Waals surface area contributed by atoms with Gasteiger partial charge in [-0.1, -0.05) is 25.4 Å². The number of benzene rings is 1. The second kappa shape index (κ2) is 5.43. The van der Waals surface area contributed by atoms with Crippen LogP contribution in [-0.2, 0) is 0 Å². The molecule has 5 heteroatoms. The van der Waals surface area contributed by atoms with Gasteiger partial charge in [0.15, 0.2) is 0 Å². The SMILES string of the molecule is CC(C)c1cc(F)c(Cl)cc1OCC(F)F. The normalized spacial score (nSPS) is 11.2. The standard InChI is InChI=1S/C11H12ClF3O/c1-6(2)7-3-9(13)8(12)4-10(7)16-5-11(14)15/h3-4,6,11H,5H2,1-2H3. The molecule has 0 N–H and O–H groups in total. The molecule has 1 aromatic carbocycles. The zero-order valence-corrected chi connectivity index (χ0v) is 9.69. The topological polar surface area (TPSA) is 9.23 Å². The largest absolute Gasteiger partial charge is 0.487 e. The van der Waals surface area contributed by atoms with Gasteiger partial charge < -0.3 is 4.74 Å². The lowest BCUT2D eigenvalue weighted by Crippen LogP contribution is -2.09. The molecule has 0 radical (unpaired) electrons. The van der Waals surface area contributed by atoms with Crippen molar-refractivity contribution in [1.82, 2.24) is 0 Å². The molecular weight excluding hydrogens is 241 g/mol. The summed E-state index contributed by atoms with van der Waals surface area (Å²) in [5.74, 6) is -0.393. The average Bonchev–Trinajstić information content (AvgIpc) is 2.18. The second-order valence-electron chi connectivity index (χ2n) is 3.66. The van der Waals surface area contributed by atoms with Crippen LogP contribution in [-0.4, -0.2) is 13.0 Å². The van der Waals surface area contributed by atoms with Crippen molar-refractivity contribution in [2.24, 2.45) is 0 Å². The highest BCUT2D eigenvalue weighted by Gasteiger charge is 2.14. The minimum absolute atomic E-state index is 0.0283. The highest BCUT2D eigenvalue weighted by atomic mass is 35.5. The number of hydrogen-bond donors (Lipinski definition) is 0. The predicted molar refractivity (Wildman–Crippen MR) is 57.0 cm³/mol. The molecular formula is C11H12ClF3O. The Morgan fingerprint density at radius 2 is 1.94 bits per heavy atom. The minimum Gasteiger partial charge on any atom is -0.487 e. The van der Waals surface area contributed by atoms with E-state index in [1.54, 1.807) is 0 Å². The van der Waals surface area contributed by atoms with Gasteiger partial charge in [-0.3, -0.25) is 0 Å². The summed E-state index contributed by atoms with van der Waals surface area (Å²) in [6.07, 6.45) is -2.57. The van der Waals surface area contributed by atoms with Crippen LogP contribution in [0.3, 0.4) is 0 Å². The Morgan fingerprint density at radius 3 is 2.44 bits per heavy atom. The Hall–Kier alpha value is -0.900. The maximum atomic E-state index is 13.2. The fourth-order valence-electron chi connectivity index (χ4n) is 1.27. The van der Waals surface area contributed by atoms with Crippen LogP contribution in [0.25, 0.3) is 0 Å². The van der Waals surface area contributed by atoms with Crippen molar-refractivity contribution in [2.45, 2.75) is 26.2 Å². The molecule has 1 aromatic rings. The maximum Gasteiger partial charge on any atom is 0.272 e. The third-order valence-electron chi connectivity index (χ3n) is 2.04. The quantitative estimate of drug-likeness (QED) is 0.779. The average molecular weight is 253 g/mol. The van der Waals surface area contributed by atoms with Gasteiger partial charge in [0.1, 0.15) is 18.2 Å². The smallest absolute Gasteiger partial charge is 0.272 e. The fraction of sp³-hybridized carbons (Fsp3) is 0.455. The van der Waals surface area contributed by atoms with Crippen LogP contribution in [0.1, 0.15) is 25.3 Å². The minimum atomic E-state index is -2.57. The highest BCUT2D eigenvalue weighted by Crippen LogP contribution is 2.31. The first-order chi connectivity index (χ1) is 7.41. The first-order valence-corrected chi connectivity index (χ1v) is 5.19. The number of alkyl halides is 2. The van der Waals surface area contributed by atoms with E-state index in [1.807, 2.05) is 13.8 Å². The summed E-state index contributed by atoms with van der Waals surface area (Å²) in [4.78, 5) is 0. The van der Waals surface area contributed by atoms with E-state index < -0.39 is 18.8 Å². The molecule has 0 aliphatic heterocycles. The first kappa shape index (κ1) is 13.2. The van der Waals surface area contributed by atoms with E-state index >= 15 is 0 Å². The van der Waals surface area contributed by atoms with Gasteiger partial charge in [0, 0.05) is 6.07 Å². The van der Waals surface area contributed by atoms with Crippen molar-refractivity contribution in [1.29, 1.82) is 0 Å². The van der Waals surface area contributed by atoms with E-state index in [-0.39, 0.29) is 16.7 Å². The molecule has 0 unspecified atom stereocenters. The van der Waals surface area contributed by atoms with Crippen LogP contribution in [0.2, 0.25) is 5.02 Å². The zero-order valence-electron chi connectivity index (χ0n) is 8.94. The zero-order chi connectivity index (χ0) is 12.3. The lowest BCUT2D eigenvalue weighted by Gasteiger charge is -2.14. The van der Waals surface area contributed by atoms with Crippen LogP contribution in [0.4, 0.5) is 13.2 Å². The van der Waals surface area contributed by atoms with Crippen molar-refractivity contribution < 1.29 is 17.9 Å². The van der Waals surface area contributed by atoms with Crippen LogP contribution >= 0.6 is 11.6 Å². The molecule has 0 aliphatic carbocycles. The molecule has 0 spiro atoms. The molecule has 0 aliphatic rings. The number of hydrogen-bond acceptors (Lipinski definition) is 1. The Morgan fingerprint density at radius 1 is 1.31 bits per heavy atom. The number of ether oxygens (including phenoxy) is 1. The van der Waals surface area contributed by atoms with Crippen molar-refractivity contribution in [3.63, 3.8) is 0 Å². The summed E-state index contributed by atoms with van der Waals surface area (Å²) in [5.41, 5.74) is 0.530. The third-order valence-corrected chi connectivity index (χ3v) is 2.33. The maximum absolute atomic E-state index is 13.2. The van der Waals surface area contributed by atoms with Gasteiger partial charge in [-0.2, -0.15) is 0 Å². The van der Waals surface area contributed by atoms with Crippen molar-refractivity contribution >= 4 is 11.6 Å². The molecule has 90 valence electrons. The summed E-state index contributed by atoms with van der Waals surface area (Å²) in [6, 6.07) is 2.45. The summed E-state index contributed by atoms with van der Waals surface area (Å²) >= 11 is 5.56. The Labute approximate surface area is 97.2 Å². The first-order valence-electron chi connectivity index (χ1n) is 4.81. The molecule has 0 saturated heterocycles. The molecule has 0 fully saturated rings. The van der Waals surface area contributed by atoms with Crippen LogP contribution in [0.15, 0.2) is 12.1 Å². The van der Waals surface area contributed by atoms with E-state index in [1.165, 1.54) is 12.1 Å². The predicted octanol–water partition coefficient (Wildman–Crippen LogP) is 4.25. The Balaban J connectivity index is 3.00. The van der Waals surface area contributed by atoms with Crippen molar-refractivity contribution in [3.8, 4) is 5.75 Å². The molecule has 0 aromatic heterocycles. The molecule has 1 rings (SSSR count). The van der Waals surface area contributed by atoms with E-state index in [0.29, 0.717) is 5.56 Å². The Bertz CT molecular complexity index is 366. The van der Waals surface area contributed by atoms with Gasteiger partial charge in [0.05, 0.1) is 5.02 Å². The molecule has 0 amide bonds. The lowest BCUT2D eigenvalue weighted by atomic mass is 10.0. The molecule has 1 nitrogen and oxygen atoms in total. The molecule has 0 saturated carbocycles. The van der Waals surface area contributed by atoms with Crippen LogP contribution < -0.4 is 4.74 Å². The number of rotatable bonds is 4. The van der Waals surface area contributed by atoms with Gasteiger partial charge in [0.25, 0.3) is 6.43 Å². The van der Waals surface area contributed by atoms with Crippen molar-refractivity contribution in [3.05, 3.63) is 28.5 Å². The summed E-state index contributed by atoms with van der Waals surface area (Å²) in [5, 5.41) is -0.131. The second-order valence-corrected chi connectivity index (χ2v) is 4.07. The van der Waals surface area contributed by atoms with E-state index in [9.17, 15) is 13.2 Å². The van der Waals surface area contributed by atoms with E-state index in [0.717, 1.165) is 0 Å². The summed E-state index contributed by atoms with van der Waals surface area (Å²) in [6.45, 7) is 2.91. The van der Waals surface area contributed by atoms with Gasteiger partial charge >= 0.3 is 0 Å². The van der Waals surface area contributed by atoms with Gasteiger partial charge in [-0.15, -0.1) is 0 Å². The highest BCUT2D eigenvalue weighted by molar-refractivity contribution is 6.30. The fourth-order valence-corrected chi connectivity index (χ4v) is 1.43. The van der Waals surface area contributed by atoms with Crippen LogP contribution in [0, 0.1) is 5.82 Å². The van der Waals surface area contributed by atoms with Gasteiger partial charge in [-0.05, 0) is 17.5 Å². The summed E-state index contributed by atoms with van der Waals surface area (Å²) < 4.78 is 42.1. The third kappa shape index (κ3) is 3.30. The van der Waals surface area contributed by atoms with Crippen LogP contribution in [0.5, 0.6) is 5.75 Å². The van der Waals surface area contributed by atoms with Gasteiger partial charge in [0.2, 0.25) is 0 Å². The van der Waals surface area contributed by atoms with Crippen molar-refractivity contribution in [2.75, 3.05) is 6.61 Å². The molecule has 0 heterocycles. The monoisotopic (exact) mass is 252 g/mol. The van der Waals surface area contributed by atoms with E-state index in [4.69, 9.17) is 16.3 Å². The molecule has 0 atom stereocenters. The molecule has 0 bridgehead atoms. The Kier molecular flexibility index (Phi) is 4.47. The van der Waals surface area contributed by atoms with E-state index in [2.05, 4.69) is 0 Å². The molecule has 16 heavy (non-hydrogen) atoms. The number of halogens is 4. The summed E-state index contributed by atoms with van der Waals surface area (Å²) in [7, 11) is 0. The van der Waals surface area contributed by atoms with Gasteiger partial charge in [-0.25, -0.2) is 13.2 Å².